The molecule has 5 nitrogen and oxygen atoms in total. The number of pyridine rings is 1. The highest BCUT2D eigenvalue weighted by atomic mass is 35.5. The summed E-state index contributed by atoms with van der Waals surface area (Å²) in [7, 11) is 0. The summed E-state index contributed by atoms with van der Waals surface area (Å²) in [6.45, 7) is 0. The van der Waals surface area contributed by atoms with Crippen LogP contribution in [0.15, 0.2) is 66.9 Å². The minimum Gasteiger partial charge on any atom is -0.322 e. The monoisotopic (exact) mass is 369 g/mol. The number of hydrogen-bond acceptors (Lipinski definition) is 3. The number of amides is 2. The van der Waals surface area contributed by atoms with E-state index in [1.165, 1.54) is 42.6 Å². The molecule has 0 radical (unpaired) electrons. The SMILES string of the molecule is O=C(Nc1ccc(Cl)cc1)c1ccnc(C(=O)Nc2ccc(F)cc2)c1. The maximum absolute atomic E-state index is 12.9. The van der Waals surface area contributed by atoms with Gasteiger partial charge in [0.25, 0.3) is 11.8 Å². The van der Waals surface area contributed by atoms with Crippen LogP contribution in [-0.4, -0.2) is 16.8 Å². The fourth-order valence-corrected chi connectivity index (χ4v) is 2.29. The summed E-state index contributed by atoms with van der Waals surface area (Å²) in [6, 6.07) is 14.9. The molecular formula is C19H13ClFN3O2. The van der Waals surface area contributed by atoms with Crippen LogP contribution in [0.5, 0.6) is 0 Å². The van der Waals surface area contributed by atoms with Gasteiger partial charge in [-0.3, -0.25) is 14.6 Å². The average Bonchev–Trinajstić information content (AvgIpc) is 2.65. The topological polar surface area (TPSA) is 71.1 Å². The highest BCUT2D eigenvalue weighted by Gasteiger charge is 2.12. The fraction of sp³-hybridized carbons (Fsp3) is 0. The second-order valence-electron chi connectivity index (χ2n) is 5.35. The molecule has 26 heavy (non-hydrogen) atoms. The highest BCUT2D eigenvalue weighted by molar-refractivity contribution is 6.30. The molecule has 0 aliphatic heterocycles. The van der Waals surface area contributed by atoms with Crippen LogP contribution in [0.1, 0.15) is 20.8 Å². The van der Waals surface area contributed by atoms with Crippen LogP contribution in [0, 0.1) is 5.82 Å². The Labute approximate surface area is 153 Å². The molecule has 1 aromatic heterocycles. The van der Waals surface area contributed by atoms with Gasteiger partial charge < -0.3 is 10.6 Å². The van der Waals surface area contributed by atoms with Crippen molar-refractivity contribution in [1.82, 2.24) is 4.98 Å². The zero-order valence-corrected chi connectivity index (χ0v) is 14.1. The number of nitrogens with one attached hydrogen (secondary N) is 2. The number of rotatable bonds is 4. The summed E-state index contributed by atoms with van der Waals surface area (Å²) in [6.07, 6.45) is 1.37. The first-order chi connectivity index (χ1) is 12.5. The molecule has 2 N–H and O–H groups in total. The Balaban J connectivity index is 1.72. The third kappa shape index (κ3) is 4.43. The molecule has 0 fully saturated rings. The van der Waals surface area contributed by atoms with Gasteiger partial charge in [0.05, 0.1) is 0 Å². The van der Waals surface area contributed by atoms with E-state index in [-0.39, 0.29) is 17.2 Å². The van der Waals surface area contributed by atoms with Crippen LogP contribution < -0.4 is 10.6 Å². The lowest BCUT2D eigenvalue weighted by Crippen LogP contribution is -2.17. The van der Waals surface area contributed by atoms with Gasteiger partial charge in [0.15, 0.2) is 0 Å². The summed E-state index contributed by atoms with van der Waals surface area (Å²) >= 11 is 5.81. The molecule has 2 aromatic carbocycles. The largest absolute Gasteiger partial charge is 0.322 e. The van der Waals surface area contributed by atoms with E-state index in [9.17, 15) is 14.0 Å². The molecule has 0 saturated heterocycles. The zero-order valence-electron chi connectivity index (χ0n) is 13.4. The summed E-state index contributed by atoms with van der Waals surface area (Å²) in [5.41, 5.74) is 1.35. The molecule has 3 rings (SSSR count). The maximum Gasteiger partial charge on any atom is 0.274 e. The third-order valence-electron chi connectivity index (χ3n) is 3.46. The predicted molar refractivity (Wildman–Crippen MR) is 98.0 cm³/mol. The smallest absolute Gasteiger partial charge is 0.274 e. The quantitative estimate of drug-likeness (QED) is 0.717. The molecular weight excluding hydrogens is 357 g/mol. The molecule has 0 unspecified atom stereocenters. The summed E-state index contributed by atoms with van der Waals surface area (Å²) in [5.74, 6) is -1.29. The molecule has 130 valence electrons. The van der Waals surface area contributed by atoms with Crippen LogP contribution >= 0.6 is 11.6 Å². The lowest BCUT2D eigenvalue weighted by molar-refractivity contribution is 0.102. The molecule has 0 atom stereocenters. The molecule has 0 saturated carbocycles. The van der Waals surface area contributed by atoms with Crippen molar-refractivity contribution in [3.63, 3.8) is 0 Å². The van der Waals surface area contributed by atoms with E-state index >= 15 is 0 Å². The Morgan fingerprint density at radius 2 is 1.42 bits per heavy atom. The van der Waals surface area contributed by atoms with Crippen molar-refractivity contribution in [2.24, 2.45) is 0 Å². The Bertz CT molecular complexity index is 869. The van der Waals surface area contributed by atoms with Crippen molar-refractivity contribution < 1.29 is 14.0 Å². The molecule has 0 spiro atoms. The Kier molecular flexibility index (Phi) is 5.24. The number of carbonyl (C=O) groups excluding carboxylic acids is 2. The average molecular weight is 370 g/mol. The molecule has 7 heteroatoms. The van der Waals surface area contributed by atoms with Crippen molar-refractivity contribution in [3.8, 4) is 0 Å². The van der Waals surface area contributed by atoms with Crippen LogP contribution in [0.25, 0.3) is 0 Å². The van der Waals surface area contributed by atoms with Crippen LogP contribution in [0.2, 0.25) is 5.02 Å². The second-order valence-corrected chi connectivity index (χ2v) is 5.79. The number of carbonyl (C=O) groups is 2. The van der Waals surface area contributed by atoms with Gasteiger partial charge >= 0.3 is 0 Å². The minimum absolute atomic E-state index is 0.0677. The van der Waals surface area contributed by atoms with Crippen molar-refractivity contribution in [2.75, 3.05) is 10.6 Å². The van der Waals surface area contributed by atoms with E-state index < -0.39 is 11.7 Å². The molecule has 0 aliphatic rings. The lowest BCUT2D eigenvalue weighted by atomic mass is 10.2. The van der Waals surface area contributed by atoms with Crippen LogP contribution in [0.3, 0.4) is 0 Å². The van der Waals surface area contributed by atoms with Crippen molar-refractivity contribution in [3.05, 3.63) is 89.0 Å². The number of aromatic nitrogens is 1. The number of hydrogen-bond donors (Lipinski definition) is 2. The fourth-order valence-electron chi connectivity index (χ4n) is 2.16. The number of anilines is 2. The molecule has 1 heterocycles. The first-order valence-electron chi connectivity index (χ1n) is 7.61. The van der Waals surface area contributed by atoms with E-state index in [0.29, 0.717) is 16.4 Å². The van der Waals surface area contributed by atoms with Crippen molar-refractivity contribution in [2.45, 2.75) is 0 Å². The Morgan fingerprint density at radius 1 is 0.846 bits per heavy atom. The second kappa shape index (κ2) is 7.76. The lowest BCUT2D eigenvalue weighted by Gasteiger charge is -2.08. The van der Waals surface area contributed by atoms with Crippen LogP contribution in [0.4, 0.5) is 15.8 Å². The van der Waals surface area contributed by atoms with Gasteiger partial charge in [-0.15, -0.1) is 0 Å². The zero-order chi connectivity index (χ0) is 18.5. The summed E-state index contributed by atoms with van der Waals surface area (Å²) < 4.78 is 12.9. The van der Waals surface area contributed by atoms with E-state index in [1.54, 1.807) is 24.3 Å². The van der Waals surface area contributed by atoms with Gasteiger partial charge in [-0.05, 0) is 60.7 Å². The number of halogens is 2. The number of nitrogens with zero attached hydrogens (tertiary/aromatic N) is 1. The molecule has 0 bridgehead atoms. The standard InChI is InChI=1S/C19H13ClFN3O2/c20-13-1-5-15(6-2-13)23-18(25)12-9-10-22-17(11-12)19(26)24-16-7-3-14(21)4-8-16/h1-11H,(H,23,25)(H,24,26). The van der Waals surface area contributed by atoms with E-state index in [2.05, 4.69) is 15.6 Å². The van der Waals surface area contributed by atoms with Gasteiger partial charge in [-0.1, -0.05) is 11.6 Å². The maximum atomic E-state index is 12.9. The number of benzene rings is 2. The van der Waals surface area contributed by atoms with Gasteiger partial charge in [0, 0.05) is 28.2 Å². The molecule has 0 aliphatic carbocycles. The van der Waals surface area contributed by atoms with Gasteiger partial charge in [0.1, 0.15) is 11.5 Å². The van der Waals surface area contributed by atoms with Gasteiger partial charge in [-0.2, -0.15) is 0 Å². The normalized spacial score (nSPS) is 10.2. The van der Waals surface area contributed by atoms with Crippen molar-refractivity contribution in [1.29, 1.82) is 0 Å². The third-order valence-corrected chi connectivity index (χ3v) is 3.71. The Morgan fingerprint density at radius 3 is 2.08 bits per heavy atom. The first kappa shape index (κ1) is 17.6. The molecule has 3 aromatic rings. The van der Waals surface area contributed by atoms with Crippen molar-refractivity contribution >= 4 is 34.8 Å². The predicted octanol–water partition coefficient (Wildman–Crippen LogP) is 4.38. The van der Waals surface area contributed by atoms with Gasteiger partial charge in [0.2, 0.25) is 0 Å². The molecule has 2 amide bonds. The van der Waals surface area contributed by atoms with Crippen LogP contribution in [-0.2, 0) is 0 Å². The van der Waals surface area contributed by atoms with E-state index in [1.807, 2.05) is 0 Å². The van der Waals surface area contributed by atoms with E-state index in [0.717, 1.165) is 0 Å². The highest BCUT2D eigenvalue weighted by Crippen LogP contribution is 2.15. The minimum atomic E-state index is -0.502. The first-order valence-corrected chi connectivity index (χ1v) is 7.99. The van der Waals surface area contributed by atoms with E-state index in [4.69, 9.17) is 11.6 Å². The summed E-state index contributed by atoms with van der Waals surface area (Å²) in [5, 5.41) is 5.86. The Hall–Kier alpha value is -3.25. The van der Waals surface area contributed by atoms with Gasteiger partial charge in [-0.25, -0.2) is 4.39 Å². The summed E-state index contributed by atoms with van der Waals surface area (Å²) in [4.78, 5) is 28.6.